The molecule has 0 aromatic heterocycles. The Morgan fingerprint density at radius 2 is 2.12 bits per heavy atom. The predicted molar refractivity (Wildman–Crippen MR) is 70.3 cm³/mol. The Kier molecular flexibility index (Phi) is 3.67. The first-order chi connectivity index (χ1) is 8.24. The number of nitrogens with zero attached hydrogens (tertiary/aromatic N) is 1. The lowest BCUT2D eigenvalue weighted by Gasteiger charge is -2.35. The fourth-order valence-corrected chi connectivity index (χ4v) is 2.14. The van der Waals surface area contributed by atoms with Gasteiger partial charge in [-0.2, -0.15) is 0 Å². The Balaban J connectivity index is 2.17. The van der Waals surface area contributed by atoms with Crippen molar-refractivity contribution < 1.29 is 4.79 Å². The van der Waals surface area contributed by atoms with Crippen LogP contribution in [-0.2, 0) is 0 Å². The second-order valence-electron chi connectivity index (χ2n) is 4.58. The Bertz CT molecular complexity index is 399. The van der Waals surface area contributed by atoms with Crippen molar-refractivity contribution in [3.05, 3.63) is 29.8 Å². The first-order valence-corrected chi connectivity index (χ1v) is 6.34. The van der Waals surface area contributed by atoms with E-state index in [2.05, 4.69) is 5.32 Å². The summed E-state index contributed by atoms with van der Waals surface area (Å²) in [5, 5.41) is 3.24. The van der Waals surface area contributed by atoms with Crippen molar-refractivity contribution in [2.45, 2.75) is 32.2 Å². The zero-order valence-corrected chi connectivity index (χ0v) is 10.6. The summed E-state index contributed by atoms with van der Waals surface area (Å²) in [6.07, 6.45) is 3.54. The normalized spacial score (nSPS) is 15.2. The van der Waals surface area contributed by atoms with Crippen LogP contribution < -0.4 is 5.32 Å². The Morgan fingerprint density at radius 3 is 2.71 bits per heavy atom. The molecule has 0 atom stereocenters. The number of nitrogens with one attached hydrogen (secondary N) is 1. The molecule has 3 heteroatoms. The highest BCUT2D eigenvalue weighted by atomic mass is 16.2. The largest absolute Gasteiger partial charge is 0.385 e. The van der Waals surface area contributed by atoms with Crippen LogP contribution in [0.3, 0.4) is 0 Å². The van der Waals surface area contributed by atoms with E-state index in [9.17, 15) is 4.79 Å². The minimum atomic E-state index is 0.131. The first kappa shape index (κ1) is 12.0. The van der Waals surface area contributed by atoms with Gasteiger partial charge < -0.3 is 10.2 Å². The van der Waals surface area contributed by atoms with Crippen molar-refractivity contribution in [2.24, 2.45) is 0 Å². The van der Waals surface area contributed by atoms with Crippen LogP contribution in [-0.4, -0.2) is 30.4 Å². The molecule has 0 spiro atoms. The fraction of sp³-hybridized carbons (Fsp3) is 0.500. The third-order valence-electron chi connectivity index (χ3n) is 3.47. The Hall–Kier alpha value is -1.51. The maximum Gasteiger partial charge on any atom is 0.255 e. The number of carbonyl (C=O) groups excluding carboxylic acids is 1. The average Bonchev–Trinajstić information content (AvgIpc) is 2.27. The van der Waals surface area contributed by atoms with Gasteiger partial charge in [-0.05, 0) is 38.3 Å². The van der Waals surface area contributed by atoms with E-state index in [0.717, 1.165) is 30.6 Å². The maximum absolute atomic E-state index is 12.4. The number of benzene rings is 1. The summed E-state index contributed by atoms with van der Waals surface area (Å²) < 4.78 is 0. The van der Waals surface area contributed by atoms with Gasteiger partial charge in [0.05, 0.1) is 5.56 Å². The van der Waals surface area contributed by atoms with Gasteiger partial charge in [0.25, 0.3) is 5.91 Å². The molecule has 3 nitrogen and oxygen atoms in total. The van der Waals surface area contributed by atoms with Gasteiger partial charge in [-0.3, -0.25) is 4.79 Å². The molecule has 1 aliphatic carbocycles. The summed E-state index contributed by atoms with van der Waals surface area (Å²) >= 11 is 0. The van der Waals surface area contributed by atoms with E-state index in [0.29, 0.717) is 6.04 Å². The van der Waals surface area contributed by atoms with Crippen LogP contribution in [0.15, 0.2) is 24.3 Å². The first-order valence-electron chi connectivity index (χ1n) is 6.34. The molecule has 0 bridgehead atoms. The van der Waals surface area contributed by atoms with Crippen LogP contribution in [0.4, 0.5) is 5.69 Å². The van der Waals surface area contributed by atoms with Gasteiger partial charge in [0, 0.05) is 25.3 Å². The fourth-order valence-electron chi connectivity index (χ4n) is 2.14. The van der Waals surface area contributed by atoms with Gasteiger partial charge in [-0.1, -0.05) is 12.1 Å². The Labute approximate surface area is 103 Å². The lowest BCUT2D eigenvalue weighted by Crippen LogP contribution is -2.41. The lowest BCUT2D eigenvalue weighted by molar-refractivity contribution is 0.0653. The zero-order chi connectivity index (χ0) is 12.3. The summed E-state index contributed by atoms with van der Waals surface area (Å²) in [4.78, 5) is 14.2. The minimum Gasteiger partial charge on any atom is -0.385 e. The van der Waals surface area contributed by atoms with E-state index in [4.69, 9.17) is 0 Å². The number of hydrogen-bond acceptors (Lipinski definition) is 2. The van der Waals surface area contributed by atoms with Crippen molar-refractivity contribution in [2.75, 3.05) is 18.9 Å². The summed E-state index contributed by atoms with van der Waals surface area (Å²) in [5.74, 6) is 0.131. The number of para-hydroxylation sites is 1. The molecule has 0 unspecified atom stereocenters. The molecule has 1 saturated carbocycles. The van der Waals surface area contributed by atoms with Crippen molar-refractivity contribution in [1.29, 1.82) is 0 Å². The predicted octanol–water partition coefficient (Wildman–Crippen LogP) is 2.74. The van der Waals surface area contributed by atoms with Crippen LogP contribution in [0.5, 0.6) is 0 Å². The number of anilines is 1. The second-order valence-corrected chi connectivity index (χ2v) is 4.58. The highest BCUT2D eigenvalue weighted by Crippen LogP contribution is 2.26. The topological polar surface area (TPSA) is 32.3 Å². The van der Waals surface area contributed by atoms with E-state index < -0.39 is 0 Å². The van der Waals surface area contributed by atoms with Gasteiger partial charge in [-0.15, -0.1) is 0 Å². The van der Waals surface area contributed by atoms with Gasteiger partial charge in [-0.25, -0.2) is 0 Å². The Morgan fingerprint density at radius 1 is 1.41 bits per heavy atom. The monoisotopic (exact) mass is 232 g/mol. The third-order valence-corrected chi connectivity index (χ3v) is 3.47. The summed E-state index contributed by atoms with van der Waals surface area (Å²) in [5.41, 5.74) is 1.72. The van der Waals surface area contributed by atoms with E-state index in [1.165, 1.54) is 6.42 Å². The summed E-state index contributed by atoms with van der Waals surface area (Å²) in [6.45, 7) is 2.87. The molecule has 0 aliphatic heterocycles. The minimum absolute atomic E-state index is 0.131. The van der Waals surface area contributed by atoms with E-state index >= 15 is 0 Å². The molecule has 0 radical (unpaired) electrons. The molecule has 1 N–H and O–H groups in total. The van der Waals surface area contributed by atoms with Crippen LogP contribution in [0.1, 0.15) is 36.5 Å². The van der Waals surface area contributed by atoms with Crippen LogP contribution in [0.2, 0.25) is 0 Å². The second kappa shape index (κ2) is 5.21. The molecule has 1 aliphatic rings. The zero-order valence-electron chi connectivity index (χ0n) is 10.6. The number of hydrogen-bond donors (Lipinski definition) is 1. The molecule has 0 saturated heterocycles. The van der Waals surface area contributed by atoms with E-state index in [1.807, 2.05) is 43.1 Å². The highest BCUT2D eigenvalue weighted by molar-refractivity contribution is 5.99. The molecule has 92 valence electrons. The summed E-state index contributed by atoms with van der Waals surface area (Å²) in [7, 11) is 1.91. The number of carbonyl (C=O) groups is 1. The number of rotatable bonds is 4. The number of amides is 1. The highest BCUT2D eigenvalue weighted by Gasteiger charge is 2.27. The molecule has 1 aromatic rings. The lowest BCUT2D eigenvalue weighted by atomic mass is 9.91. The maximum atomic E-state index is 12.4. The van der Waals surface area contributed by atoms with Crippen LogP contribution in [0.25, 0.3) is 0 Å². The SMILES string of the molecule is CCNc1ccccc1C(=O)N(C)C1CCC1. The third kappa shape index (κ3) is 2.43. The van der Waals surface area contributed by atoms with Gasteiger partial charge in [0.15, 0.2) is 0 Å². The van der Waals surface area contributed by atoms with Crippen molar-refractivity contribution >= 4 is 11.6 Å². The van der Waals surface area contributed by atoms with Gasteiger partial charge in [0.1, 0.15) is 0 Å². The van der Waals surface area contributed by atoms with Crippen molar-refractivity contribution in [1.82, 2.24) is 4.90 Å². The van der Waals surface area contributed by atoms with Gasteiger partial charge in [0.2, 0.25) is 0 Å². The quantitative estimate of drug-likeness (QED) is 0.865. The van der Waals surface area contributed by atoms with Crippen LogP contribution in [0, 0.1) is 0 Å². The smallest absolute Gasteiger partial charge is 0.255 e. The van der Waals surface area contributed by atoms with E-state index in [1.54, 1.807) is 0 Å². The van der Waals surface area contributed by atoms with Crippen LogP contribution >= 0.6 is 0 Å². The molecule has 2 rings (SSSR count). The molecule has 0 heterocycles. The molecular weight excluding hydrogens is 212 g/mol. The molecule has 1 amide bonds. The average molecular weight is 232 g/mol. The summed E-state index contributed by atoms with van der Waals surface area (Å²) in [6, 6.07) is 8.18. The van der Waals surface area contributed by atoms with Crippen molar-refractivity contribution in [3.8, 4) is 0 Å². The molecule has 1 fully saturated rings. The standard InChI is InChI=1S/C14H20N2O/c1-3-15-13-10-5-4-9-12(13)14(17)16(2)11-7-6-8-11/h4-5,9-11,15H,3,6-8H2,1-2H3. The van der Waals surface area contributed by atoms with E-state index in [-0.39, 0.29) is 5.91 Å². The molecule has 1 aromatic carbocycles. The van der Waals surface area contributed by atoms with Gasteiger partial charge >= 0.3 is 0 Å². The van der Waals surface area contributed by atoms with Crippen molar-refractivity contribution in [3.63, 3.8) is 0 Å². The molecular formula is C14H20N2O. The molecule has 17 heavy (non-hydrogen) atoms.